The molecule has 1 N–H and O–H groups in total. The highest BCUT2D eigenvalue weighted by atomic mass is 16.5. The average Bonchev–Trinajstić information content (AvgIpc) is 2.63. The summed E-state index contributed by atoms with van der Waals surface area (Å²) in [5.74, 6) is -0.114. The van der Waals surface area contributed by atoms with Gasteiger partial charge in [-0.25, -0.2) is 0 Å². The third-order valence-corrected chi connectivity index (χ3v) is 3.02. The van der Waals surface area contributed by atoms with Crippen LogP contribution in [-0.2, 0) is 9.53 Å². The van der Waals surface area contributed by atoms with Gasteiger partial charge in [0.15, 0.2) is 0 Å². The van der Waals surface area contributed by atoms with Gasteiger partial charge >= 0.3 is 5.97 Å². The Morgan fingerprint density at radius 2 is 2.38 bits per heavy atom. The molecule has 0 bridgehead atoms. The number of piperazine rings is 1. The summed E-state index contributed by atoms with van der Waals surface area (Å²) in [6.07, 6.45) is 2.33. The number of carbonyl (C=O) groups is 1. The highest BCUT2D eigenvalue weighted by molar-refractivity contribution is 5.76. The smallest absolute Gasteiger partial charge is 0.324 e. The number of ether oxygens (including phenoxy) is 1. The van der Waals surface area contributed by atoms with Crippen molar-refractivity contribution in [2.24, 2.45) is 0 Å². The third kappa shape index (κ3) is 1.56. The van der Waals surface area contributed by atoms with Gasteiger partial charge in [-0.05, 0) is 19.4 Å². The van der Waals surface area contributed by atoms with E-state index in [1.54, 1.807) is 0 Å². The van der Waals surface area contributed by atoms with E-state index in [9.17, 15) is 4.79 Å². The lowest BCUT2D eigenvalue weighted by Gasteiger charge is -2.35. The lowest BCUT2D eigenvalue weighted by atomic mass is 10.0. The van der Waals surface area contributed by atoms with Crippen molar-refractivity contribution < 1.29 is 9.53 Å². The van der Waals surface area contributed by atoms with Crippen molar-refractivity contribution in [2.45, 2.75) is 24.9 Å². The number of nitrogens with one attached hydrogen (secondary N) is 1. The first-order valence-corrected chi connectivity index (χ1v) is 4.88. The molecule has 0 unspecified atom stereocenters. The maximum absolute atomic E-state index is 11.4. The van der Waals surface area contributed by atoms with Crippen molar-refractivity contribution in [3.05, 3.63) is 0 Å². The summed E-state index contributed by atoms with van der Waals surface area (Å²) in [4.78, 5) is 13.8. The molecule has 4 nitrogen and oxygen atoms in total. The van der Waals surface area contributed by atoms with Gasteiger partial charge in [0.1, 0.15) is 6.04 Å². The molecule has 0 aromatic carbocycles. The van der Waals surface area contributed by atoms with Gasteiger partial charge < -0.3 is 10.1 Å². The van der Waals surface area contributed by atoms with Crippen molar-refractivity contribution in [3.8, 4) is 0 Å². The number of fused-ring (bicyclic) bond motifs is 1. The molecular formula is C9H16N2O2. The molecule has 2 fully saturated rings. The quantitative estimate of drug-likeness (QED) is 0.563. The minimum atomic E-state index is -0.114. The van der Waals surface area contributed by atoms with Gasteiger partial charge in [-0.1, -0.05) is 0 Å². The molecule has 2 atom stereocenters. The molecule has 0 aromatic rings. The van der Waals surface area contributed by atoms with Gasteiger partial charge in [-0.2, -0.15) is 0 Å². The Labute approximate surface area is 78.2 Å². The van der Waals surface area contributed by atoms with Crippen molar-refractivity contribution in [2.75, 3.05) is 26.7 Å². The zero-order chi connectivity index (χ0) is 9.26. The molecule has 2 heterocycles. The lowest BCUT2D eigenvalue weighted by molar-refractivity contribution is -0.145. The van der Waals surface area contributed by atoms with Crippen LogP contribution in [0.1, 0.15) is 12.8 Å². The Balaban J connectivity index is 2.05. The molecule has 0 spiro atoms. The SMILES string of the molecule is COC(=O)[C@H]1NCCN2CCC[C@@H]12. The molecule has 2 saturated heterocycles. The van der Waals surface area contributed by atoms with Crippen molar-refractivity contribution >= 4 is 5.97 Å². The summed E-state index contributed by atoms with van der Waals surface area (Å²) >= 11 is 0. The molecule has 0 aliphatic carbocycles. The fraction of sp³-hybridized carbons (Fsp3) is 0.889. The molecule has 2 aliphatic rings. The first-order valence-electron chi connectivity index (χ1n) is 4.88. The molecule has 0 saturated carbocycles. The first-order chi connectivity index (χ1) is 6.33. The summed E-state index contributed by atoms with van der Waals surface area (Å²) in [5, 5.41) is 3.22. The van der Waals surface area contributed by atoms with Gasteiger partial charge in [-0.3, -0.25) is 9.69 Å². The van der Waals surface area contributed by atoms with E-state index in [2.05, 4.69) is 10.2 Å². The molecule has 2 rings (SSSR count). The zero-order valence-electron chi connectivity index (χ0n) is 7.95. The van der Waals surface area contributed by atoms with Crippen molar-refractivity contribution in [1.82, 2.24) is 10.2 Å². The van der Waals surface area contributed by atoms with Crippen LogP contribution in [0.25, 0.3) is 0 Å². The van der Waals surface area contributed by atoms with E-state index in [4.69, 9.17) is 4.74 Å². The molecule has 74 valence electrons. The Morgan fingerprint density at radius 3 is 3.15 bits per heavy atom. The second-order valence-electron chi connectivity index (χ2n) is 3.70. The Kier molecular flexibility index (Phi) is 2.51. The monoisotopic (exact) mass is 184 g/mol. The van der Waals surface area contributed by atoms with Crippen LogP contribution >= 0.6 is 0 Å². The highest BCUT2D eigenvalue weighted by Crippen LogP contribution is 2.22. The van der Waals surface area contributed by atoms with Crippen LogP contribution in [0.2, 0.25) is 0 Å². The number of esters is 1. The first kappa shape index (κ1) is 8.97. The van der Waals surface area contributed by atoms with Crippen LogP contribution in [0.5, 0.6) is 0 Å². The van der Waals surface area contributed by atoms with E-state index in [0.29, 0.717) is 6.04 Å². The second kappa shape index (κ2) is 3.64. The molecular weight excluding hydrogens is 168 g/mol. The van der Waals surface area contributed by atoms with Gasteiger partial charge in [0.05, 0.1) is 7.11 Å². The summed E-state index contributed by atoms with van der Waals surface area (Å²) < 4.78 is 4.77. The van der Waals surface area contributed by atoms with Crippen molar-refractivity contribution in [1.29, 1.82) is 0 Å². The minimum Gasteiger partial charge on any atom is -0.468 e. The number of hydrogen-bond donors (Lipinski definition) is 1. The van der Waals surface area contributed by atoms with Crippen LogP contribution in [0, 0.1) is 0 Å². The van der Waals surface area contributed by atoms with Gasteiger partial charge in [-0.15, -0.1) is 0 Å². The van der Waals surface area contributed by atoms with Crippen molar-refractivity contribution in [3.63, 3.8) is 0 Å². The van der Waals surface area contributed by atoms with E-state index >= 15 is 0 Å². The minimum absolute atomic E-state index is 0.0961. The summed E-state index contributed by atoms with van der Waals surface area (Å²) in [5.41, 5.74) is 0. The lowest BCUT2D eigenvalue weighted by Crippen LogP contribution is -2.58. The molecule has 0 amide bonds. The molecule has 0 radical (unpaired) electrons. The maximum atomic E-state index is 11.4. The third-order valence-electron chi connectivity index (χ3n) is 3.02. The van der Waals surface area contributed by atoms with E-state index in [-0.39, 0.29) is 12.0 Å². The largest absolute Gasteiger partial charge is 0.468 e. The Bertz CT molecular complexity index is 208. The van der Waals surface area contributed by atoms with Gasteiger partial charge in [0, 0.05) is 19.1 Å². The standard InChI is InChI=1S/C9H16N2O2/c1-13-9(12)8-7-3-2-5-11(7)6-4-10-8/h7-8,10H,2-6H2,1H3/t7-,8-/m0/s1. The Morgan fingerprint density at radius 1 is 1.54 bits per heavy atom. The topological polar surface area (TPSA) is 41.6 Å². The van der Waals surface area contributed by atoms with Gasteiger partial charge in [0.2, 0.25) is 0 Å². The van der Waals surface area contributed by atoms with E-state index in [1.807, 2.05) is 0 Å². The van der Waals surface area contributed by atoms with Gasteiger partial charge in [0.25, 0.3) is 0 Å². The molecule has 0 aromatic heterocycles. The number of nitrogens with zero attached hydrogens (tertiary/aromatic N) is 1. The molecule has 13 heavy (non-hydrogen) atoms. The van der Waals surface area contributed by atoms with E-state index < -0.39 is 0 Å². The number of carbonyl (C=O) groups excluding carboxylic acids is 1. The number of rotatable bonds is 1. The fourth-order valence-corrected chi connectivity index (χ4v) is 2.37. The zero-order valence-corrected chi connectivity index (χ0v) is 7.95. The predicted octanol–water partition coefficient (Wildman–Crippen LogP) is -0.404. The van der Waals surface area contributed by atoms with Crippen LogP contribution in [0.15, 0.2) is 0 Å². The fourth-order valence-electron chi connectivity index (χ4n) is 2.37. The summed E-state index contributed by atoms with van der Waals surface area (Å²) in [6.45, 7) is 3.11. The van der Waals surface area contributed by atoms with Crippen LogP contribution in [0.3, 0.4) is 0 Å². The van der Waals surface area contributed by atoms with Crippen LogP contribution < -0.4 is 5.32 Å². The van der Waals surface area contributed by atoms with Crippen LogP contribution in [0.4, 0.5) is 0 Å². The maximum Gasteiger partial charge on any atom is 0.324 e. The van der Waals surface area contributed by atoms with E-state index in [0.717, 1.165) is 26.1 Å². The molecule has 2 aliphatic heterocycles. The summed E-state index contributed by atoms with van der Waals surface area (Å²) in [7, 11) is 1.46. The normalized spacial score (nSPS) is 34.2. The van der Waals surface area contributed by atoms with Crippen LogP contribution in [-0.4, -0.2) is 49.7 Å². The number of hydrogen-bond acceptors (Lipinski definition) is 4. The van der Waals surface area contributed by atoms with E-state index in [1.165, 1.54) is 13.5 Å². The average molecular weight is 184 g/mol. The second-order valence-corrected chi connectivity index (χ2v) is 3.70. The molecule has 4 heteroatoms. The Hall–Kier alpha value is -0.610. The number of methoxy groups -OCH3 is 1. The summed E-state index contributed by atoms with van der Waals surface area (Å²) in [6, 6.07) is 0.280. The highest BCUT2D eigenvalue weighted by Gasteiger charge is 2.38. The predicted molar refractivity (Wildman–Crippen MR) is 48.4 cm³/mol.